The van der Waals surface area contributed by atoms with Crippen molar-refractivity contribution in [1.29, 1.82) is 5.26 Å². The van der Waals surface area contributed by atoms with Crippen LogP contribution in [0.4, 0.5) is 0 Å². The molecular formula is C15H13N3O. The van der Waals surface area contributed by atoms with Crippen molar-refractivity contribution in [2.75, 3.05) is 0 Å². The highest BCUT2D eigenvalue weighted by Gasteiger charge is 2.51. The Bertz CT molecular complexity index is 649. The molecule has 0 aromatic carbocycles. The zero-order valence-electron chi connectivity index (χ0n) is 10.8. The van der Waals surface area contributed by atoms with Crippen molar-refractivity contribution in [3.05, 3.63) is 35.3 Å². The first-order valence-electron chi connectivity index (χ1n) is 6.29. The maximum absolute atomic E-state index is 11.7. The fourth-order valence-electron chi connectivity index (χ4n) is 2.76. The molecule has 1 fully saturated rings. The summed E-state index contributed by atoms with van der Waals surface area (Å²) in [6.45, 7) is 3.69. The van der Waals surface area contributed by atoms with Crippen LogP contribution in [0.1, 0.15) is 25.1 Å². The largest absolute Gasteiger partial charge is 0.293 e. The Morgan fingerprint density at radius 2 is 2.21 bits per heavy atom. The first kappa shape index (κ1) is 11.8. The number of carbonyl (C=O) groups is 1. The number of ketones is 1. The molecular weight excluding hydrogens is 238 g/mol. The van der Waals surface area contributed by atoms with Crippen molar-refractivity contribution >= 4 is 17.6 Å². The fraction of sp³-hybridized carbons (Fsp3) is 0.333. The molecule has 0 N–H and O–H groups in total. The number of aromatic nitrogens is 1. The van der Waals surface area contributed by atoms with Gasteiger partial charge >= 0.3 is 0 Å². The summed E-state index contributed by atoms with van der Waals surface area (Å²) in [4.78, 5) is 20.3. The molecule has 3 atom stereocenters. The number of rotatable bonds is 2. The number of nitrogens with zero attached hydrogens (tertiary/aromatic N) is 3. The van der Waals surface area contributed by atoms with Crippen LogP contribution in [0.3, 0.4) is 0 Å². The van der Waals surface area contributed by atoms with Crippen LogP contribution >= 0.6 is 0 Å². The number of aliphatic imine (C=N–C) groups is 1. The third-order valence-electron chi connectivity index (χ3n) is 3.91. The van der Waals surface area contributed by atoms with E-state index in [2.05, 4.69) is 16.9 Å². The minimum Gasteiger partial charge on any atom is -0.293 e. The molecule has 2 heterocycles. The highest BCUT2D eigenvalue weighted by atomic mass is 16.1. The quantitative estimate of drug-likeness (QED) is 0.809. The molecule has 3 unspecified atom stereocenters. The number of nitriles is 1. The van der Waals surface area contributed by atoms with E-state index >= 15 is 0 Å². The second-order valence-electron chi connectivity index (χ2n) is 5.10. The molecule has 4 nitrogen and oxygen atoms in total. The summed E-state index contributed by atoms with van der Waals surface area (Å²) in [5.74, 6) is 1.25. The molecule has 0 bridgehead atoms. The maximum atomic E-state index is 11.7. The van der Waals surface area contributed by atoms with Gasteiger partial charge in [0.25, 0.3) is 0 Å². The van der Waals surface area contributed by atoms with Crippen molar-refractivity contribution in [2.24, 2.45) is 22.7 Å². The lowest BCUT2D eigenvalue weighted by atomic mass is 9.98. The van der Waals surface area contributed by atoms with Gasteiger partial charge in [0.15, 0.2) is 5.78 Å². The van der Waals surface area contributed by atoms with Gasteiger partial charge in [-0.15, -0.1) is 0 Å². The molecule has 0 amide bonds. The van der Waals surface area contributed by atoms with Gasteiger partial charge in [0.2, 0.25) is 0 Å². The van der Waals surface area contributed by atoms with Crippen LogP contribution in [0, 0.1) is 29.1 Å². The molecule has 1 saturated carbocycles. The summed E-state index contributed by atoms with van der Waals surface area (Å²) in [5, 5.41) is 8.80. The highest BCUT2D eigenvalue weighted by molar-refractivity contribution is 6.04. The number of pyridine rings is 1. The topological polar surface area (TPSA) is 66.1 Å². The lowest BCUT2D eigenvalue weighted by Crippen LogP contribution is -2.08. The zero-order valence-corrected chi connectivity index (χ0v) is 10.8. The number of hydrogen-bond donors (Lipinski definition) is 0. The van der Waals surface area contributed by atoms with E-state index in [1.807, 2.05) is 12.3 Å². The predicted molar refractivity (Wildman–Crippen MR) is 71.2 cm³/mol. The average molecular weight is 251 g/mol. The van der Waals surface area contributed by atoms with Crippen LogP contribution in [0.5, 0.6) is 0 Å². The van der Waals surface area contributed by atoms with Crippen molar-refractivity contribution < 1.29 is 4.79 Å². The van der Waals surface area contributed by atoms with E-state index in [0.717, 1.165) is 11.3 Å². The highest BCUT2D eigenvalue weighted by Crippen LogP contribution is 2.55. The van der Waals surface area contributed by atoms with Crippen LogP contribution in [-0.4, -0.2) is 17.0 Å². The Labute approximate surface area is 111 Å². The SMILES string of the molecule is CC(=O)C1=C(c2ccc(C#N)cn2)C2C(C)C2C=N1. The van der Waals surface area contributed by atoms with Crippen LogP contribution in [0.25, 0.3) is 5.57 Å². The third kappa shape index (κ3) is 1.78. The van der Waals surface area contributed by atoms with Crippen molar-refractivity contribution in [3.63, 3.8) is 0 Å². The lowest BCUT2D eigenvalue weighted by molar-refractivity contribution is -0.113. The smallest absolute Gasteiger partial charge is 0.178 e. The van der Waals surface area contributed by atoms with E-state index in [4.69, 9.17) is 5.26 Å². The number of Topliss-reactive ketones (excluding diaryl/α,β-unsaturated/α-hetero) is 1. The summed E-state index contributed by atoms with van der Waals surface area (Å²) < 4.78 is 0. The third-order valence-corrected chi connectivity index (χ3v) is 3.91. The van der Waals surface area contributed by atoms with Crippen LogP contribution in [-0.2, 0) is 4.79 Å². The van der Waals surface area contributed by atoms with E-state index in [9.17, 15) is 4.79 Å². The summed E-state index contributed by atoms with van der Waals surface area (Å²) in [6, 6.07) is 5.58. The molecule has 1 aliphatic carbocycles. The van der Waals surface area contributed by atoms with Crippen molar-refractivity contribution in [1.82, 2.24) is 4.98 Å². The standard InChI is InChI=1S/C15H13N3O/c1-8-11-7-18-15(9(2)19)14(13(8)11)12-4-3-10(5-16)6-17-12/h3-4,6-8,11,13H,1-2H3. The average Bonchev–Trinajstić information content (AvgIpc) is 3.09. The first-order valence-corrected chi connectivity index (χ1v) is 6.29. The zero-order chi connectivity index (χ0) is 13.6. The van der Waals surface area contributed by atoms with E-state index in [1.165, 1.54) is 6.92 Å². The Morgan fingerprint density at radius 3 is 2.79 bits per heavy atom. The number of fused-ring (bicyclic) bond motifs is 1. The Hall–Kier alpha value is -2.28. The molecule has 0 saturated heterocycles. The summed E-state index contributed by atoms with van der Waals surface area (Å²) >= 11 is 0. The minimum atomic E-state index is -0.0324. The molecule has 94 valence electrons. The van der Waals surface area contributed by atoms with Gasteiger partial charge in [0.1, 0.15) is 11.8 Å². The van der Waals surface area contributed by atoms with Crippen LogP contribution in [0.15, 0.2) is 29.0 Å². The minimum absolute atomic E-state index is 0.0324. The number of allylic oxidation sites excluding steroid dienone is 2. The Morgan fingerprint density at radius 1 is 1.42 bits per heavy atom. The molecule has 19 heavy (non-hydrogen) atoms. The molecule has 0 spiro atoms. The van der Waals surface area contributed by atoms with Gasteiger partial charge < -0.3 is 0 Å². The van der Waals surface area contributed by atoms with Crippen LogP contribution < -0.4 is 0 Å². The van der Waals surface area contributed by atoms with Gasteiger partial charge in [-0.1, -0.05) is 6.92 Å². The molecule has 1 aliphatic heterocycles. The van der Waals surface area contributed by atoms with Gasteiger partial charge in [-0.25, -0.2) is 0 Å². The van der Waals surface area contributed by atoms with Crippen molar-refractivity contribution in [2.45, 2.75) is 13.8 Å². The van der Waals surface area contributed by atoms with Gasteiger partial charge in [-0.05, 0) is 24.0 Å². The van der Waals surface area contributed by atoms with Gasteiger partial charge in [-0.2, -0.15) is 5.26 Å². The van der Waals surface area contributed by atoms with E-state index in [0.29, 0.717) is 29.0 Å². The van der Waals surface area contributed by atoms with Crippen LogP contribution in [0.2, 0.25) is 0 Å². The summed E-state index contributed by atoms with van der Waals surface area (Å²) in [6.07, 6.45) is 3.43. The van der Waals surface area contributed by atoms with E-state index in [1.54, 1.807) is 18.3 Å². The molecule has 3 rings (SSSR count). The molecule has 1 aromatic heterocycles. The Balaban J connectivity index is 2.10. The molecule has 1 aromatic rings. The van der Waals surface area contributed by atoms with Gasteiger partial charge in [0.05, 0.1) is 11.3 Å². The fourth-order valence-corrected chi connectivity index (χ4v) is 2.76. The van der Waals surface area contributed by atoms with E-state index < -0.39 is 0 Å². The number of carbonyl (C=O) groups excluding carboxylic acids is 1. The predicted octanol–water partition coefficient (Wildman–Crippen LogP) is 2.22. The monoisotopic (exact) mass is 251 g/mol. The summed E-state index contributed by atoms with van der Waals surface area (Å²) in [5.41, 5.74) is 2.74. The molecule has 0 radical (unpaired) electrons. The normalized spacial score (nSPS) is 27.7. The lowest BCUT2D eigenvalue weighted by Gasteiger charge is -2.12. The first-order chi connectivity index (χ1) is 9.13. The second kappa shape index (κ2) is 4.13. The van der Waals surface area contributed by atoms with Gasteiger partial charge in [0, 0.05) is 30.8 Å². The number of hydrogen-bond acceptors (Lipinski definition) is 4. The Kier molecular flexibility index (Phi) is 2.56. The molecule has 2 aliphatic rings. The van der Waals surface area contributed by atoms with Gasteiger partial charge in [-0.3, -0.25) is 14.8 Å². The molecule has 4 heteroatoms. The van der Waals surface area contributed by atoms with Crippen molar-refractivity contribution in [3.8, 4) is 6.07 Å². The van der Waals surface area contributed by atoms with E-state index in [-0.39, 0.29) is 5.78 Å². The second-order valence-corrected chi connectivity index (χ2v) is 5.10. The maximum Gasteiger partial charge on any atom is 0.178 e. The summed E-state index contributed by atoms with van der Waals surface area (Å²) in [7, 11) is 0.